The number of hydrogen-bond donors (Lipinski definition) is 1. The Hall–Kier alpha value is -0.420. The molecule has 4 heteroatoms. The van der Waals surface area contributed by atoms with Crippen molar-refractivity contribution in [3.63, 3.8) is 0 Å². The molecule has 0 spiro atoms. The van der Waals surface area contributed by atoms with E-state index in [0.717, 1.165) is 16.6 Å². The maximum absolute atomic E-state index is 5.88. The summed E-state index contributed by atoms with van der Waals surface area (Å²) in [5.41, 5.74) is 1.16. The lowest BCUT2D eigenvalue weighted by molar-refractivity contribution is -0.0127. The van der Waals surface area contributed by atoms with Crippen molar-refractivity contribution >= 4 is 15.9 Å². The molecule has 3 nitrogen and oxygen atoms in total. The molecule has 0 aliphatic heterocycles. The molecule has 0 heterocycles. The zero-order chi connectivity index (χ0) is 13.4. The van der Waals surface area contributed by atoms with E-state index in [4.69, 9.17) is 9.47 Å². The van der Waals surface area contributed by atoms with Gasteiger partial charge in [-0.05, 0) is 32.5 Å². The van der Waals surface area contributed by atoms with Gasteiger partial charge >= 0.3 is 0 Å². The van der Waals surface area contributed by atoms with E-state index in [1.54, 1.807) is 0 Å². The summed E-state index contributed by atoms with van der Waals surface area (Å²) >= 11 is 3.56. The van der Waals surface area contributed by atoms with Gasteiger partial charge < -0.3 is 14.8 Å². The van der Waals surface area contributed by atoms with Gasteiger partial charge in [-0.15, -0.1) is 0 Å². The molecule has 0 aromatic heterocycles. The average Bonchev–Trinajstić information content (AvgIpc) is 2.34. The lowest BCUT2D eigenvalue weighted by atomic mass is 10.1. The number of rotatable bonds is 8. The molecule has 18 heavy (non-hydrogen) atoms. The van der Waals surface area contributed by atoms with E-state index < -0.39 is 0 Å². The predicted octanol–water partition coefficient (Wildman–Crippen LogP) is 3.15. The van der Waals surface area contributed by atoms with E-state index in [9.17, 15) is 0 Å². The summed E-state index contributed by atoms with van der Waals surface area (Å²) in [5, 5.41) is 3.16. The first-order valence-corrected chi connectivity index (χ1v) is 7.06. The van der Waals surface area contributed by atoms with E-state index in [0.29, 0.717) is 13.2 Å². The Labute approximate surface area is 118 Å². The van der Waals surface area contributed by atoms with E-state index in [1.165, 1.54) is 0 Å². The third-order valence-corrected chi connectivity index (χ3v) is 3.22. The second kappa shape index (κ2) is 8.64. The Kier molecular flexibility index (Phi) is 7.51. The molecule has 1 aromatic rings. The molecule has 0 saturated heterocycles. The maximum atomic E-state index is 5.88. The van der Waals surface area contributed by atoms with Crippen molar-refractivity contribution in [2.45, 2.75) is 26.1 Å². The van der Waals surface area contributed by atoms with Crippen LogP contribution in [0.15, 0.2) is 28.7 Å². The molecule has 1 N–H and O–H groups in total. The summed E-state index contributed by atoms with van der Waals surface area (Å²) in [5.74, 6) is 0. The summed E-state index contributed by atoms with van der Waals surface area (Å²) in [6.45, 7) is 6.07. The largest absolute Gasteiger partial charge is 0.376 e. The van der Waals surface area contributed by atoms with Gasteiger partial charge in [0.1, 0.15) is 0 Å². The fraction of sp³-hybridized carbons (Fsp3) is 0.571. The molecule has 0 amide bonds. The van der Waals surface area contributed by atoms with Crippen molar-refractivity contribution in [3.8, 4) is 0 Å². The molecule has 0 radical (unpaired) electrons. The summed E-state index contributed by atoms with van der Waals surface area (Å²) in [7, 11) is 1.93. The SMILES string of the molecule is CNCC(OCCOC(C)C)c1ccccc1Br. The van der Waals surface area contributed by atoms with E-state index in [-0.39, 0.29) is 12.2 Å². The van der Waals surface area contributed by atoms with Crippen molar-refractivity contribution in [3.05, 3.63) is 34.3 Å². The molecule has 0 saturated carbocycles. The first-order chi connectivity index (χ1) is 8.65. The minimum absolute atomic E-state index is 0.0429. The molecule has 0 aliphatic rings. The molecule has 0 bridgehead atoms. The van der Waals surface area contributed by atoms with Crippen LogP contribution >= 0.6 is 15.9 Å². The average molecular weight is 316 g/mol. The summed E-state index contributed by atoms with van der Waals surface area (Å²) in [6.07, 6.45) is 0.293. The second-order valence-corrected chi connectivity index (χ2v) is 5.21. The van der Waals surface area contributed by atoms with Crippen LogP contribution in [-0.4, -0.2) is 32.9 Å². The van der Waals surface area contributed by atoms with Crippen molar-refractivity contribution in [2.75, 3.05) is 26.8 Å². The van der Waals surface area contributed by atoms with Crippen molar-refractivity contribution in [2.24, 2.45) is 0 Å². The van der Waals surface area contributed by atoms with Gasteiger partial charge in [0.15, 0.2) is 0 Å². The van der Waals surface area contributed by atoms with Gasteiger partial charge in [-0.2, -0.15) is 0 Å². The fourth-order valence-electron chi connectivity index (χ4n) is 1.65. The predicted molar refractivity (Wildman–Crippen MR) is 77.8 cm³/mol. The van der Waals surface area contributed by atoms with Crippen LogP contribution in [0.3, 0.4) is 0 Å². The highest BCUT2D eigenvalue weighted by atomic mass is 79.9. The van der Waals surface area contributed by atoms with Crippen LogP contribution in [0.1, 0.15) is 25.5 Å². The van der Waals surface area contributed by atoms with Gasteiger partial charge in [0.2, 0.25) is 0 Å². The van der Waals surface area contributed by atoms with Crippen molar-refractivity contribution < 1.29 is 9.47 Å². The monoisotopic (exact) mass is 315 g/mol. The number of likely N-dealkylation sites (N-methyl/N-ethyl adjacent to an activating group) is 1. The van der Waals surface area contributed by atoms with Gasteiger partial charge in [0, 0.05) is 11.0 Å². The lowest BCUT2D eigenvalue weighted by Crippen LogP contribution is -2.22. The fourth-order valence-corrected chi connectivity index (χ4v) is 2.19. The Morgan fingerprint density at radius 2 is 1.83 bits per heavy atom. The molecular weight excluding hydrogens is 294 g/mol. The number of nitrogens with one attached hydrogen (secondary N) is 1. The smallest absolute Gasteiger partial charge is 0.0961 e. The van der Waals surface area contributed by atoms with Crippen LogP contribution in [0.5, 0.6) is 0 Å². The number of halogens is 1. The molecule has 1 atom stereocenters. The van der Waals surface area contributed by atoms with Gasteiger partial charge in [0.05, 0.1) is 25.4 Å². The first-order valence-electron chi connectivity index (χ1n) is 6.27. The highest BCUT2D eigenvalue weighted by molar-refractivity contribution is 9.10. The lowest BCUT2D eigenvalue weighted by Gasteiger charge is -2.19. The van der Waals surface area contributed by atoms with Gasteiger partial charge in [-0.1, -0.05) is 34.1 Å². The third kappa shape index (κ3) is 5.48. The Morgan fingerprint density at radius 3 is 2.44 bits per heavy atom. The molecule has 1 unspecified atom stereocenters. The minimum atomic E-state index is 0.0429. The zero-order valence-corrected chi connectivity index (χ0v) is 12.9. The second-order valence-electron chi connectivity index (χ2n) is 4.36. The van der Waals surface area contributed by atoms with Crippen molar-refractivity contribution in [1.82, 2.24) is 5.32 Å². The summed E-state index contributed by atoms with van der Waals surface area (Å²) < 4.78 is 12.4. The van der Waals surface area contributed by atoms with E-state index >= 15 is 0 Å². The first kappa shape index (κ1) is 15.6. The van der Waals surface area contributed by atoms with Gasteiger partial charge in [0.25, 0.3) is 0 Å². The van der Waals surface area contributed by atoms with E-state index in [1.807, 2.05) is 39.1 Å². The zero-order valence-electron chi connectivity index (χ0n) is 11.3. The highest BCUT2D eigenvalue weighted by Gasteiger charge is 2.13. The van der Waals surface area contributed by atoms with Crippen LogP contribution in [0.25, 0.3) is 0 Å². The maximum Gasteiger partial charge on any atom is 0.0961 e. The molecule has 0 aliphatic carbocycles. The van der Waals surface area contributed by atoms with Crippen LogP contribution in [0.2, 0.25) is 0 Å². The van der Waals surface area contributed by atoms with Crippen LogP contribution in [-0.2, 0) is 9.47 Å². The van der Waals surface area contributed by atoms with Crippen LogP contribution in [0.4, 0.5) is 0 Å². The quantitative estimate of drug-likeness (QED) is 0.747. The van der Waals surface area contributed by atoms with Gasteiger partial charge in [-0.3, -0.25) is 0 Å². The minimum Gasteiger partial charge on any atom is -0.376 e. The van der Waals surface area contributed by atoms with Gasteiger partial charge in [-0.25, -0.2) is 0 Å². The Bertz CT molecular complexity index is 344. The normalized spacial score (nSPS) is 12.9. The molecule has 1 aromatic carbocycles. The standard InChI is InChI=1S/C14H22BrNO2/c1-11(2)17-8-9-18-14(10-16-3)12-6-4-5-7-13(12)15/h4-7,11,14,16H,8-10H2,1-3H3. The molecular formula is C14H22BrNO2. The molecule has 0 fully saturated rings. The number of hydrogen-bond acceptors (Lipinski definition) is 3. The van der Waals surface area contributed by atoms with Crippen molar-refractivity contribution in [1.29, 1.82) is 0 Å². The van der Waals surface area contributed by atoms with Crippen LogP contribution in [0, 0.1) is 0 Å². The summed E-state index contributed by atoms with van der Waals surface area (Å²) in [6, 6.07) is 8.14. The third-order valence-electron chi connectivity index (χ3n) is 2.50. The summed E-state index contributed by atoms with van der Waals surface area (Å²) in [4.78, 5) is 0. The van der Waals surface area contributed by atoms with E-state index in [2.05, 4.69) is 27.3 Å². The molecule has 102 valence electrons. The Balaban J connectivity index is 2.52. The number of benzene rings is 1. The number of ether oxygens (including phenoxy) is 2. The molecule has 1 rings (SSSR count). The highest BCUT2D eigenvalue weighted by Crippen LogP contribution is 2.25. The van der Waals surface area contributed by atoms with Crippen LogP contribution < -0.4 is 5.32 Å². The Morgan fingerprint density at radius 1 is 1.17 bits per heavy atom. The topological polar surface area (TPSA) is 30.5 Å².